The van der Waals surface area contributed by atoms with Crippen LogP contribution in [-0.4, -0.2) is 44.5 Å². The Kier molecular flexibility index (Phi) is 7.24. The van der Waals surface area contributed by atoms with Crippen LogP contribution in [0.4, 0.5) is 18.9 Å². The Morgan fingerprint density at radius 3 is 2.54 bits per heavy atom. The molecule has 1 saturated carbocycles. The van der Waals surface area contributed by atoms with Crippen LogP contribution in [0.1, 0.15) is 25.7 Å². The maximum atomic E-state index is 12.4. The number of guanidine groups is 1. The van der Waals surface area contributed by atoms with Crippen molar-refractivity contribution >= 4 is 35.6 Å². The third kappa shape index (κ3) is 5.82. The Labute approximate surface area is 168 Å². The minimum Gasteiger partial charge on any atom is -0.406 e. The van der Waals surface area contributed by atoms with Gasteiger partial charge in [0.25, 0.3) is 0 Å². The number of aliphatic imine (C=N–C) groups is 1. The van der Waals surface area contributed by atoms with Crippen LogP contribution >= 0.6 is 24.0 Å². The van der Waals surface area contributed by atoms with Crippen LogP contribution in [0.5, 0.6) is 5.75 Å². The van der Waals surface area contributed by atoms with E-state index in [9.17, 15) is 13.2 Å². The van der Waals surface area contributed by atoms with E-state index < -0.39 is 6.36 Å². The molecule has 1 unspecified atom stereocenters. The smallest absolute Gasteiger partial charge is 0.406 e. The molecule has 1 atom stereocenters. The van der Waals surface area contributed by atoms with E-state index in [1.165, 1.54) is 31.4 Å². The lowest BCUT2D eigenvalue weighted by atomic mass is 9.93. The first-order chi connectivity index (χ1) is 11.9. The Bertz CT molecular complexity index is 622. The molecule has 1 heterocycles. The zero-order valence-electron chi connectivity index (χ0n) is 14.6. The van der Waals surface area contributed by atoms with Crippen molar-refractivity contribution in [3.05, 3.63) is 24.3 Å². The fraction of sp³-hybridized carbons (Fsp3) is 0.588. The summed E-state index contributed by atoms with van der Waals surface area (Å²) in [5, 5.41) is 6.80. The Morgan fingerprint density at radius 1 is 1.19 bits per heavy atom. The first-order valence-corrected chi connectivity index (χ1v) is 8.53. The molecule has 5 nitrogen and oxygen atoms in total. The molecule has 146 valence electrons. The summed E-state index contributed by atoms with van der Waals surface area (Å²) < 4.78 is 41.1. The molecule has 0 amide bonds. The van der Waals surface area contributed by atoms with E-state index in [-0.39, 0.29) is 35.8 Å². The van der Waals surface area contributed by atoms with Gasteiger partial charge in [-0.25, -0.2) is 0 Å². The number of benzene rings is 1. The van der Waals surface area contributed by atoms with Crippen molar-refractivity contribution in [2.45, 2.75) is 44.1 Å². The third-order valence-electron chi connectivity index (χ3n) is 4.62. The number of anilines is 1. The fourth-order valence-electron chi connectivity index (χ4n) is 3.10. The molecule has 1 aliphatic heterocycles. The highest BCUT2D eigenvalue weighted by molar-refractivity contribution is 14.0. The molecule has 1 aromatic carbocycles. The first kappa shape index (κ1) is 20.9. The lowest BCUT2D eigenvalue weighted by Crippen LogP contribution is -2.50. The molecule has 0 bridgehead atoms. The quantitative estimate of drug-likeness (QED) is 0.391. The van der Waals surface area contributed by atoms with Crippen molar-refractivity contribution in [2.75, 3.05) is 25.0 Å². The zero-order valence-corrected chi connectivity index (χ0v) is 16.9. The van der Waals surface area contributed by atoms with Crippen LogP contribution in [0.3, 0.4) is 0 Å². The topological polar surface area (TPSA) is 48.9 Å². The molecule has 2 N–H and O–H groups in total. The van der Waals surface area contributed by atoms with Gasteiger partial charge in [-0.05, 0) is 37.8 Å². The average Bonchev–Trinajstić information content (AvgIpc) is 2.96. The number of rotatable bonds is 4. The molecular weight excluding hydrogens is 460 g/mol. The number of nitrogens with zero attached hydrogens (tertiary/aromatic N) is 2. The maximum Gasteiger partial charge on any atom is 0.573 e. The molecule has 0 radical (unpaired) electrons. The van der Waals surface area contributed by atoms with Crippen LogP contribution in [0, 0.1) is 0 Å². The molecule has 2 fully saturated rings. The Hall–Kier alpha value is -1.39. The summed E-state index contributed by atoms with van der Waals surface area (Å²) in [6, 6.07) is 6.82. The van der Waals surface area contributed by atoms with E-state index >= 15 is 0 Å². The first-order valence-electron chi connectivity index (χ1n) is 8.53. The van der Waals surface area contributed by atoms with Gasteiger partial charge in [0, 0.05) is 44.0 Å². The second-order valence-corrected chi connectivity index (χ2v) is 6.47. The monoisotopic (exact) mass is 484 g/mol. The molecular formula is C17H24F3IN4O. The van der Waals surface area contributed by atoms with Gasteiger partial charge in [0.05, 0.1) is 0 Å². The van der Waals surface area contributed by atoms with Gasteiger partial charge < -0.3 is 20.3 Å². The third-order valence-corrected chi connectivity index (χ3v) is 4.62. The van der Waals surface area contributed by atoms with Gasteiger partial charge in [-0.2, -0.15) is 0 Å². The van der Waals surface area contributed by atoms with Crippen molar-refractivity contribution in [1.82, 2.24) is 10.6 Å². The van der Waals surface area contributed by atoms with E-state index in [0.29, 0.717) is 12.6 Å². The summed E-state index contributed by atoms with van der Waals surface area (Å²) in [7, 11) is 1.75. The summed E-state index contributed by atoms with van der Waals surface area (Å²) >= 11 is 0. The van der Waals surface area contributed by atoms with E-state index in [1.54, 1.807) is 19.2 Å². The van der Waals surface area contributed by atoms with Gasteiger partial charge in [-0.3, -0.25) is 4.99 Å². The molecule has 0 aromatic heterocycles. The fourth-order valence-corrected chi connectivity index (χ4v) is 3.10. The molecule has 3 rings (SSSR count). The Balaban J connectivity index is 0.00000243. The lowest BCUT2D eigenvalue weighted by Gasteiger charge is -2.29. The van der Waals surface area contributed by atoms with Gasteiger partial charge in [-0.15, -0.1) is 37.1 Å². The van der Waals surface area contributed by atoms with Gasteiger partial charge >= 0.3 is 6.36 Å². The number of hydrogen-bond acceptors (Lipinski definition) is 3. The number of ether oxygens (including phenoxy) is 1. The van der Waals surface area contributed by atoms with Gasteiger partial charge in [0.1, 0.15) is 5.75 Å². The summed E-state index contributed by atoms with van der Waals surface area (Å²) in [6.07, 6.45) is -0.182. The molecule has 1 saturated heterocycles. The van der Waals surface area contributed by atoms with E-state index in [4.69, 9.17) is 0 Å². The standard InChI is InChI=1S/C17H23F3N4O.HI/c1-21-16(22-12-4-2-5-12)23-13-8-9-24(11-13)14-6-3-7-15(10-14)25-17(18,19)20;/h3,6-7,10,12-13H,2,4-5,8-9,11H2,1H3,(H2,21,22,23);1H. The summed E-state index contributed by atoms with van der Waals surface area (Å²) in [6.45, 7) is 1.48. The number of alkyl halides is 3. The highest BCUT2D eigenvalue weighted by Crippen LogP contribution is 2.28. The van der Waals surface area contributed by atoms with Crippen LogP contribution in [-0.2, 0) is 0 Å². The van der Waals surface area contributed by atoms with E-state index in [0.717, 1.165) is 24.6 Å². The molecule has 2 aliphatic rings. The van der Waals surface area contributed by atoms with Gasteiger partial charge in [0.2, 0.25) is 0 Å². The Morgan fingerprint density at radius 2 is 1.92 bits per heavy atom. The second-order valence-electron chi connectivity index (χ2n) is 6.47. The predicted molar refractivity (Wildman–Crippen MR) is 106 cm³/mol. The van der Waals surface area contributed by atoms with E-state index in [1.807, 2.05) is 0 Å². The molecule has 26 heavy (non-hydrogen) atoms. The number of halogens is 4. The maximum absolute atomic E-state index is 12.4. The van der Waals surface area contributed by atoms with Crippen molar-refractivity contribution in [2.24, 2.45) is 4.99 Å². The molecule has 9 heteroatoms. The van der Waals surface area contributed by atoms with Crippen LogP contribution in [0.2, 0.25) is 0 Å². The van der Waals surface area contributed by atoms with Crippen LogP contribution < -0.4 is 20.3 Å². The van der Waals surface area contributed by atoms with Crippen molar-refractivity contribution in [3.63, 3.8) is 0 Å². The minimum absolute atomic E-state index is 0. The van der Waals surface area contributed by atoms with Crippen LogP contribution in [0.25, 0.3) is 0 Å². The normalized spacial score (nSPS) is 21.0. The summed E-state index contributed by atoms with van der Waals surface area (Å²) in [4.78, 5) is 6.31. The van der Waals surface area contributed by atoms with Crippen molar-refractivity contribution < 1.29 is 17.9 Å². The SMILES string of the molecule is CN=C(NC1CCC1)NC1CCN(c2cccc(OC(F)(F)F)c2)C1.I. The van der Waals surface area contributed by atoms with Crippen molar-refractivity contribution in [3.8, 4) is 5.75 Å². The molecule has 0 spiro atoms. The predicted octanol–water partition coefficient (Wildman–Crippen LogP) is 3.50. The average molecular weight is 484 g/mol. The largest absolute Gasteiger partial charge is 0.573 e. The second kappa shape index (κ2) is 9.01. The zero-order chi connectivity index (χ0) is 17.9. The highest BCUT2D eigenvalue weighted by Gasteiger charge is 2.31. The number of hydrogen-bond donors (Lipinski definition) is 2. The highest BCUT2D eigenvalue weighted by atomic mass is 127. The van der Waals surface area contributed by atoms with Crippen molar-refractivity contribution in [1.29, 1.82) is 0 Å². The summed E-state index contributed by atoms with van der Waals surface area (Å²) in [5.41, 5.74) is 0.730. The van der Waals surface area contributed by atoms with Gasteiger partial charge in [-0.1, -0.05) is 6.07 Å². The molecule has 1 aromatic rings. The lowest BCUT2D eigenvalue weighted by molar-refractivity contribution is -0.274. The van der Waals surface area contributed by atoms with E-state index in [2.05, 4.69) is 25.3 Å². The number of nitrogens with one attached hydrogen (secondary N) is 2. The molecule has 1 aliphatic carbocycles. The minimum atomic E-state index is -4.67. The van der Waals surface area contributed by atoms with Crippen LogP contribution in [0.15, 0.2) is 29.3 Å². The summed E-state index contributed by atoms with van der Waals surface area (Å²) in [5.74, 6) is 0.606. The van der Waals surface area contributed by atoms with Gasteiger partial charge in [0.15, 0.2) is 5.96 Å².